The van der Waals surface area contributed by atoms with Gasteiger partial charge in [0.05, 0.1) is 17.3 Å². The number of alkyl halides is 3. The monoisotopic (exact) mass is 322 g/mol. The molecule has 0 bridgehead atoms. The van der Waals surface area contributed by atoms with Gasteiger partial charge in [-0.15, -0.1) is 0 Å². The minimum atomic E-state index is -4.45. The van der Waals surface area contributed by atoms with Gasteiger partial charge in [-0.05, 0) is 31.0 Å². The molecule has 20 heavy (non-hydrogen) atoms. The minimum absolute atomic E-state index is 0.00935. The lowest BCUT2D eigenvalue weighted by atomic mass is 10.1. The summed E-state index contributed by atoms with van der Waals surface area (Å²) in [7, 11) is 0. The van der Waals surface area contributed by atoms with Crippen molar-refractivity contribution in [2.45, 2.75) is 32.0 Å². The van der Waals surface area contributed by atoms with Gasteiger partial charge in [-0.25, -0.2) is 0 Å². The van der Waals surface area contributed by atoms with Crippen LogP contribution in [0.3, 0.4) is 0 Å². The Morgan fingerprint density at radius 2 is 2.20 bits per heavy atom. The van der Waals surface area contributed by atoms with Crippen molar-refractivity contribution in [3.63, 3.8) is 0 Å². The molecular weight excluding hydrogens is 309 g/mol. The molecule has 110 valence electrons. The van der Waals surface area contributed by atoms with E-state index in [1.54, 1.807) is 0 Å². The first kappa shape index (κ1) is 15.5. The third kappa shape index (κ3) is 3.82. The number of thioether (sulfide) groups is 1. The van der Waals surface area contributed by atoms with E-state index in [2.05, 4.69) is 10.3 Å². The Labute approximate surface area is 124 Å². The Morgan fingerprint density at radius 1 is 1.45 bits per heavy atom. The second-order valence-electron chi connectivity index (χ2n) is 4.45. The molecule has 1 heterocycles. The summed E-state index contributed by atoms with van der Waals surface area (Å²) in [5.74, 6) is 0.860. The highest BCUT2D eigenvalue weighted by Crippen LogP contribution is 2.37. The summed E-state index contributed by atoms with van der Waals surface area (Å²) in [6, 6.07) is 3.88. The molecule has 1 aromatic carbocycles. The van der Waals surface area contributed by atoms with Crippen molar-refractivity contribution < 1.29 is 13.2 Å². The van der Waals surface area contributed by atoms with E-state index >= 15 is 0 Å². The summed E-state index contributed by atoms with van der Waals surface area (Å²) in [5, 5.41) is 3.38. The molecular formula is C13H14ClF3N2S. The van der Waals surface area contributed by atoms with Gasteiger partial charge in [-0.1, -0.05) is 30.3 Å². The average Bonchev–Trinajstić information content (AvgIpc) is 2.40. The second-order valence-corrected chi connectivity index (χ2v) is 5.97. The third-order valence-corrected chi connectivity index (χ3v) is 4.15. The summed E-state index contributed by atoms with van der Waals surface area (Å²) >= 11 is 7.09. The van der Waals surface area contributed by atoms with Gasteiger partial charge in [0.1, 0.15) is 0 Å². The van der Waals surface area contributed by atoms with Crippen LogP contribution in [0.5, 0.6) is 0 Å². The summed E-state index contributed by atoms with van der Waals surface area (Å²) in [5.41, 5.74) is -0.781. The van der Waals surface area contributed by atoms with Crippen molar-refractivity contribution in [1.82, 2.24) is 0 Å². The van der Waals surface area contributed by atoms with Crippen molar-refractivity contribution in [2.24, 2.45) is 4.99 Å². The third-order valence-electron chi connectivity index (χ3n) is 2.99. The zero-order chi connectivity index (χ0) is 14.8. The number of amidine groups is 1. The van der Waals surface area contributed by atoms with Gasteiger partial charge in [-0.2, -0.15) is 13.2 Å². The van der Waals surface area contributed by atoms with Gasteiger partial charge in [-0.3, -0.25) is 4.99 Å². The van der Waals surface area contributed by atoms with E-state index in [0.717, 1.165) is 24.7 Å². The van der Waals surface area contributed by atoms with Crippen LogP contribution >= 0.6 is 23.4 Å². The molecule has 1 N–H and O–H groups in total. The van der Waals surface area contributed by atoms with Crippen LogP contribution in [-0.4, -0.2) is 17.0 Å². The first-order valence-corrected chi connectivity index (χ1v) is 7.61. The molecule has 0 aromatic heterocycles. The number of rotatable bonds is 2. The zero-order valence-electron chi connectivity index (χ0n) is 10.8. The largest absolute Gasteiger partial charge is 0.418 e. The number of hydrogen-bond acceptors (Lipinski definition) is 3. The average molecular weight is 323 g/mol. The van der Waals surface area contributed by atoms with E-state index in [9.17, 15) is 13.2 Å². The number of anilines is 1. The number of hydrogen-bond donors (Lipinski definition) is 1. The van der Waals surface area contributed by atoms with Gasteiger partial charge in [0.2, 0.25) is 0 Å². The molecule has 1 aliphatic rings. The number of nitrogens with one attached hydrogen (secondary N) is 1. The molecule has 0 spiro atoms. The van der Waals surface area contributed by atoms with E-state index in [1.165, 1.54) is 23.9 Å². The van der Waals surface area contributed by atoms with Gasteiger partial charge >= 0.3 is 6.18 Å². The summed E-state index contributed by atoms with van der Waals surface area (Å²) in [4.78, 5) is 4.41. The van der Waals surface area contributed by atoms with E-state index < -0.39 is 11.7 Å². The standard InChI is InChI=1S/C13H14ClF3N2S/c1-2-9-5-6-20-12(18-9)19-11-4-3-8(14)7-10(11)13(15,16)17/h3-4,7,9H,2,5-6H2,1H3,(H,18,19). The van der Waals surface area contributed by atoms with Crippen molar-refractivity contribution in [2.75, 3.05) is 11.1 Å². The fraction of sp³-hybridized carbons (Fsp3) is 0.462. The molecule has 1 atom stereocenters. The van der Waals surface area contributed by atoms with Crippen LogP contribution in [0.2, 0.25) is 5.02 Å². The van der Waals surface area contributed by atoms with Crippen molar-refractivity contribution in [1.29, 1.82) is 0 Å². The lowest BCUT2D eigenvalue weighted by Gasteiger charge is -2.21. The minimum Gasteiger partial charge on any atom is -0.334 e. The van der Waals surface area contributed by atoms with Crippen molar-refractivity contribution in [3.05, 3.63) is 28.8 Å². The Morgan fingerprint density at radius 3 is 2.85 bits per heavy atom. The zero-order valence-corrected chi connectivity index (χ0v) is 12.4. The van der Waals surface area contributed by atoms with Gasteiger partial charge in [0.15, 0.2) is 5.17 Å². The Bertz CT molecular complexity index is 517. The fourth-order valence-electron chi connectivity index (χ4n) is 1.90. The maximum Gasteiger partial charge on any atom is 0.418 e. The maximum absolute atomic E-state index is 13.0. The molecule has 1 aromatic rings. The molecule has 0 radical (unpaired) electrons. The predicted octanol–water partition coefficient (Wildman–Crippen LogP) is 5.04. The summed E-state index contributed by atoms with van der Waals surface area (Å²) < 4.78 is 38.9. The highest BCUT2D eigenvalue weighted by molar-refractivity contribution is 8.14. The van der Waals surface area contributed by atoms with Crippen LogP contribution in [0, 0.1) is 0 Å². The maximum atomic E-state index is 13.0. The van der Waals surface area contributed by atoms with Crippen LogP contribution in [0.15, 0.2) is 23.2 Å². The number of aliphatic imine (C=N–C) groups is 1. The second kappa shape index (κ2) is 6.26. The SMILES string of the molecule is CCC1CCSC(Nc2ccc(Cl)cc2C(F)(F)F)=N1. The number of benzene rings is 1. The van der Waals surface area contributed by atoms with Crippen molar-refractivity contribution in [3.8, 4) is 0 Å². The van der Waals surface area contributed by atoms with Crippen LogP contribution < -0.4 is 5.32 Å². The van der Waals surface area contributed by atoms with E-state index in [4.69, 9.17) is 11.6 Å². The van der Waals surface area contributed by atoms with Gasteiger partial charge in [0, 0.05) is 10.8 Å². The Hall–Kier alpha value is -0.880. The lowest BCUT2D eigenvalue weighted by Crippen LogP contribution is -2.21. The molecule has 1 unspecified atom stereocenters. The van der Waals surface area contributed by atoms with Crippen LogP contribution in [0.1, 0.15) is 25.3 Å². The Balaban J connectivity index is 2.27. The number of halogens is 4. The molecule has 0 amide bonds. The van der Waals surface area contributed by atoms with Crippen LogP contribution in [0.4, 0.5) is 18.9 Å². The van der Waals surface area contributed by atoms with Crippen LogP contribution in [0.25, 0.3) is 0 Å². The van der Waals surface area contributed by atoms with Crippen LogP contribution in [-0.2, 0) is 6.18 Å². The van der Waals surface area contributed by atoms with Gasteiger partial charge in [0.25, 0.3) is 0 Å². The van der Waals surface area contributed by atoms with E-state index in [1.807, 2.05) is 6.92 Å². The number of nitrogens with zero attached hydrogens (tertiary/aromatic N) is 1. The van der Waals surface area contributed by atoms with Gasteiger partial charge < -0.3 is 5.32 Å². The quantitative estimate of drug-likeness (QED) is 0.824. The topological polar surface area (TPSA) is 24.4 Å². The highest BCUT2D eigenvalue weighted by atomic mass is 35.5. The molecule has 7 heteroatoms. The first-order valence-electron chi connectivity index (χ1n) is 6.24. The molecule has 2 rings (SSSR count). The normalized spacial score (nSPS) is 19.6. The molecule has 1 aliphatic heterocycles. The molecule has 0 aliphatic carbocycles. The lowest BCUT2D eigenvalue weighted by molar-refractivity contribution is -0.136. The van der Waals surface area contributed by atoms with E-state index in [-0.39, 0.29) is 16.8 Å². The summed E-state index contributed by atoms with van der Waals surface area (Å²) in [6.45, 7) is 2.02. The predicted molar refractivity (Wildman–Crippen MR) is 78.7 cm³/mol. The molecule has 0 fully saturated rings. The highest BCUT2D eigenvalue weighted by Gasteiger charge is 2.34. The fourth-order valence-corrected chi connectivity index (χ4v) is 3.06. The van der Waals surface area contributed by atoms with E-state index in [0.29, 0.717) is 5.17 Å². The molecule has 0 saturated heterocycles. The molecule has 0 saturated carbocycles. The Kier molecular flexibility index (Phi) is 4.86. The first-order chi connectivity index (χ1) is 9.40. The smallest absolute Gasteiger partial charge is 0.334 e. The molecule has 2 nitrogen and oxygen atoms in total. The van der Waals surface area contributed by atoms with Crippen molar-refractivity contribution >= 4 is 34.2 Å². The summed E-state index contributed by atoms with van der Waals surface area (Å²) in [6.07, 6.45) is -2.60.